The molecule has 0 bridgehead atoms. The van der Waals surface area contributed by atoms with Gasteiger partial charge in [-0.05, 0) is 5.56 Å². The van der Waals surface area contributed by atoms with Crippen LogP contribution >= 0.6 is 11.3 Å². The average Bonchev–Trinajstić information content (AvgIpc) is 3.03. The lowest BCUT2D eigenvalue weighted by atomic mass is 9.97. The van der Waals surface area contributed by atoms with Crippen LogP contribution in [0.2, 0.25) is 0 Å². The van der Waals surface area contributed by atoms with Gasteiger partial charge in [-0.2, -0.15) is 5.26 Å². The molecule has 0 aliphatic rings. The maximum absolute atomic E-state index is 12.9. The number of pyridine rings is 1. The number of carbonyl (C=O) groups is 1. The maximum atomic E-state index is 12.9. The zero-order valence-electron chi connectivity index (χ0n) is 14.1. The van der Waals surface area contributed by atoms with E-state index in [4.69, 9.17) is 11.5 Å². The number of ketones is 1. The van der Waals surface area contributed by atoms with Gasteiger partial charge in [0.1, 0.15) is 27.2 Å². The molecule has 130 valence electrons. The van der Waals surface area contributed by atoms with Gasteiger partial charge in [0, 0.05) is 16.5 Å². The fourth-order valence-electron chi connectivity index (χ4n) is 3.07. The molecule has 2 heterocycles. The van der Waals surface area contributed by atoms with Gasteiger partial charge >= 0.3 is 0 Å². The Morgan fingerprint density at radius 1 is 1.00 bits per heavy atom. The molecule has 0 aliphatic carbocycles. The molecule has 27 heavy (non-hydrogen) atoms. The molecule has 6 heteroatoms. The lowest BCUT2D eigenvalue weighted by Crippen LogP contribution is -2.02. The predicted molar refractivity (Wildman–Crippen MR) is 108 cm³/mol. The van der Waals surface area contributed by atoms with Crippen molar-refractivity contribution in [3.05, 3.63) is 76.7 Å². The molecule has 5 nitrogen and oxygen atoms in total. The van der Waals surface area contributed by atoms with Crippen LogP contribution in [0.5, 0.6) is 0 Å². The minimum atomic E-state index is -0.174. The Balaban J connectivity index is 2.04. The van der Waals surface area contributed by atoms with Gasteiger partial charge in [-0.25, -0.2) is 4.98 Å². The number of carbonyl (C=O) groups excluding carboxylic acids is 1. The summed E-state index contributed by atoms with van der Waals surface area (Å²) in [6, 6.07) is 20.5. The minimum absolute atomic E-state index is 0.129. The van der Waals surface area contributed by atoms with Crippen LogP contribution < -0.4 is 11.5 Å². The van der Waals surface area contributed by atoms with Crippen molar-refractivity contribution in [3.63, 3.8) is 0 Å². The Labute approximate surface area is 159 Å². The highest BCUT2D eigenvalue weighted by Gasteiger charge is 2.24. The van der Waals surface area contributed by atoms with Crippen molar-refractivity contribution in [2.45, 2.75) is 0 Å². The van der Waals surface area contributed by atoms with E-state index in [9.17, 15) is 10.1 Å². The SMILES string of the molecule is N#Cc1c(N)nc2sc(C(=O)c3ccccc3)c(N)c2c1-c1ccccc1. The summed E-state index contributed by atoms with van der Waals surface area (Å²) >= 11 is 1.19. The monoisotopic (exact) mass is 370 g/mol. The van der Waals surface area contributed by atoms with Crippen molar-refractivity contribution in [1.82, 2.24) is 4.98 Å². The van der Waals surface area contributed by atoms with E-state index >= 15 is 0 Å². The molecule has 0 aliphatic heterocycles. The van der Waals surface area contributed by atoms with Crippen LogP contribution in [0.4, 0.5) is 11.5 Å². The molecule has 0 atom stereocenters. The topological polar surface area (TPSA) is 106 Å². The van der Waals surface area contributed by atoms with E-state index in [2.05, 4.69) is 11.1 Å². The summed E-state index contributed by atoms with van der Waals surface area (Å²) in [5, 5.41) is 10.2. The highest BCUT2D eigenvalue weighted by atomic mass is 32.1. The summed E-state index contributed by atoms with van der Waals surface area (Å²) in [7, 11) is 0. The Kier molecular flexibility index (Phi) is 4.07. The van der Waals surface area contributed by atoms with Crippen LogP contribution in [0, 0.1) is 11.3 Å². The Hall–Kier alpha value is -3.69. The van der Waals surface area contributed by atoms with Crippen LogP contribution in [-0.2, 0) is 0 Å². The molecule has 0 unspecified atom stereocenters. The number of hydrogen-bond acceptors (Lipinski definition) is 6. The van der Waals surface area contributed by atoms with Gasteiger partial charge < -0.3 is 11.5 Å². The molecule has 0 fully saturated rings. The van der Waals surface area contributed by atoms with Crippen molar-refractivity contribution < 1.29 is 4.79 Å². The number of hydrogen-bond donors (Lipinski definition) is 2. The predicted octanol–water partition coefficient (Wildman–Crippen LogP) is 4.23. The number of nitrogens with two attached hydrogens (primary N) is 2. The van der Waals surface area contributed by atoms with Gasteiger partial charge in [-0.3, -0.25) is 4.79 Å². The van der Waals surface area contributed by atoms with Crippen molar-refractivity contribution in [2.75, 3.05) is 11.5 Å². The van der Waals surface area contributed by atoms with Gasteiger partial charge in [0.25, 0.3) is 0 Å². The highest BCUT2D eigenvalue weighted by Crippen LogP contribution is 2.43. The molecular formula is C21H14N4OS. The molecule has 0 radical (unpaired) electrons. The molecule has 2 aromatic carbocycles. The maximum Gasteiger partial charge on any atom is 0.205 e. The lowest BCUT2D eigenvalue weighted by molar-refractivity contribution is 0.104. The third-order valence-electron chi connectivity index (χ3n) is 4.32. The highest BCUT2D eigenvalue weighted by molar-refractivity contribution is 7.21. The van der Waals surface area contributed by atoms with Crippen LogP contribution in [0.15, 0.2) is 60.7 Å². The zero-order valence-corrected chi connectivity index (χ0v) is 15.0. The summed E-state index contributed by atoms with van der Waals surface area (Å²) in [6.45, 7) is 0. The molecule has 4 N–H and O–H groups in total. The molecule has 4 rings (SSSR count). The summed E-state index contributed by atoms with van der Waals surface area (Å²) in [5.74, 6) is -0.0454. The quantitative estimate of drug-likeness (QED) is 0.525. The second kappa shape index (κ2) is 6.56. The Bertz CT molecular complexity index is 1210. The molecular weight excluding hydrogens is 356 g/mol. The third kappa shape index (κ3) is 2.71. The fourth-order valence-corrected chi connectivity index (χ4v) is 4.14. The van der Waals surface area contributed by atoms with E-state index in [1.54, 1.807) is 24.3 Å². The summed E-state index contributed by atoms with van der Waals surface area (Å²) in [5.41, 5.74) is 15.0. The molecule has 4 aromatic rings. The second-order valence-electron chi connectivity index (χ2n) is 5.95. The molecule has 0 saturated heterocycles. The Morgan fingerprint density at radius 3 is 2.26 bits per heavy atom. The van der Waals surface area contributed by atoms with Gasteiger partial charge in [0.2, 0.25) is 5.78 Å². The van der Waals surface area contributed by atoms with Crippen LogP contribution in [0.1, 0.15) is 20.8 Å². The number of rotatable bonds is 3. The van der Waals surface area contributed by atoms with E-state index in [1.165, 1.54) is 11.3 Å². The number of aromatic nitrogens is 1. The molecule has 2 aromatic heterocycles. The second-order valence-corrected chi connectivity index (χ2v) is 6.94. The molecule has 0 amide bonds. The van der Waals surface area contributed by atoms with Crippen molar-refractivity contribution in [3.8, 4) is 17.2 Å². The van der Waals surface area contributed by atoms with Gasteiger partial charge in [0.05, 0.1) is 5.69 Å². The van der Waals surface area contributed by atoms with Crippen LogP contribution in [0.3, 0.4) is 0 Å². The zero-order chi connectivity index (χ0) is 19.0. The smallest absolute Gasteiger partial charge is 0.205 e. The number of nitrogens with zero attached hydrogens (tertiary/aromatic N) is 2. The summed E-state index contributed by atoms with van der Waals surface area (Å²) < 4.78 is 0. The summed E-state index contributed by atoms with van der Waals surface area (Å²) in [4.78, 5) is 18.2. The minimum Gasteiger partial charge on any atom is -0.397 e. The lowest BCUT2D eigenvalue weighted by Gasteiger charge is -2.09. The van der Waals surface area contributed by atoms with Gasteiger partial charge in [-0.1, -0.05) is 60.7 Å². The largest absolute Gasteiger partial charge is 0.397 e. The number of thiophene rings is 1. The number of benzene rings is 2. The van der Waals surface area contributed by atoms with E-state index in [0.717, 1.165) is 5.56 Å². The first kappa shape index (κ1) is 16.8. The third-order valence-corrected chi connectivity index (χ3v) is 5.42. The number of fused-ring (bicyclic) bond motifs is 1. The standard InChI is InChI=1S/C21H14N4OS/c22-11-14-15(12-7-3-1-4-8-12)16-17(23)19(27-21(16)25-20(14)24)18(26)13-9-5-2-6-10-13/h1-10H,23H2,(H2,24,25). The fraction of sp³-hybridized carbons (Fsp3) is 0. The average molecular weight is 370 g/mol. The van der Waals surface area contributed by atoms with Gasteiger partial charge in [-0.15, -0.1) is 11.3 Å². The normalized spacial score (nSPS) is 10.6. The number of anilines is 2. The first-order chi connectivity index (χ1) is 13.1. The first-order valence-corrected chi connectivity index (χ1v) is 9.00. The van der Waals surface area contributed by atoms with E-state index in [-0.39, 0.29) is 17.2 Å². The van der Waals surface area contributed by atoms with Gasteiger partial charge in [0.15, 0.2) is 0 Å². The van der Waals surface area contributed by atoms with Crippen LogP contribution in [0.25, 0.3) is 21.3 Å². The van der Waals surface area contributed by atoms with Crippen molar-refractivity contribution in [2.24, 2.45) is 0 Å². The van der Waals surface area contributed by atoms with E-state index in [0.29, 0.717) is 31.9 Å². The Morgan fingerprint density at radius 2 is 1.63 bits per heavy atom. The first-order valence-electron chi connectivity index (χ1n) is 8.18. The van der Waals surface area contributed by atoms with Crippen LogP contribution in [-0.4, -0.2) is 10.8 Å². The number of nitriles is 1. The molecule has 0 spiro atoms. The van der Waals surface area contributed by atoms with Crippen molar-refractivity contribution in [1.29, 1.82) is 5.26 Å². The van der Waals surface area contributed by atoms with Crippen molar-refractivity contribution >= 4 is 38.8 Å². The number of nitrogen functional groups attached to an aromatic ring is 2. The van der Waals surface area contributed by atoms with E-state index in [1.807, 2.05) is 36.4 Å². The summed E-state index contributed by atoms with van der Waals surface area (Å²) in [6.07, 6.45) is 0. The molecule has 0 saturated carbocycles. The van der Waals surface area contributed by atoms with E-state index < -0.39 is 0 Å².